The number of anilines is 1. The average molecular weight is 276 g/mol. The highest BCUT2D eigenvalue weighted by molar-refractivity contribution is 5.52. The summed E-state index contributed by atoms with van der Waals surface area (Å²) in [6, 6.07) is 9.47. The predicted molar refractivity (Wildman–Crippen MR) is 85.7 cm³/mol. The molecule has 112 valence electrons. The largest absolute Gasteiger partial charge is 0.494 e. The number of benzene rings is 1. The minimum absolute atomic E-state index is 0.274. The molecule has 1 fully saturated rings. The molecule has 1 aliphatic heterocycles. The van der Waals surface area contributed by atoms with Crippen LogP contribution < -0.4 is 15.0 Å². The molecule has 0 amide bonds. The Balaban J connectivity index is 2.18. The van der Waals surface area contributed by atoms with Crippen LogP contribution in [-0.4, -0.2) is 31.8 Å². The third kappa shape index (κ3) is 3.45. The number of rotatable bonds is 3. The summed E-state index contributed by atoms with van der Waals surface area (Å²) in [5.74, 6) is 0.961. The fraction of sp³-hybridized carbons (Fsp3) is 0.647. The molecule has 3 heteroatoms. The van der Waals surface area contributed by atoms with E-state index in [1.807, 2.05) is 13.0 Å². The Kier molecular flexibility index (Phi) is 4.59. The molecule has 1 aliphatic rings. The summed E-state index contributed by atoms with van der Waals surface area (Å²) in [6.07, 6.45) is 0. The molecule has 1 aromatic carbocycles. The second kappa shape index (κ2) is 6.04. The molecule has 1 aromatic rings. The summed E-state index contributed by atoms with van der Waals surface area (Å²) in [7, 11) is 0. The van der Waals surface area contributed by atoms with E-state index in [9.17, 15) is 0 Å². The molecule has 1 saturated heterocycles. The van der Waals surface area contributed by atoms with Crippen LogP contribution in [0.1, 0.15) is 34.6 Å². The van der Waals surface area contributed by atoms with Gasteiger partial charge in [-0.15, -0.1) is 0 Å². The van der Waals surface area contributed by atoms with Gasteiger partial charge in [-0.05, 0) is 31.4 Å². The van der Waals surface area contributed by atoms with E-state index in [1.54, 1.807) is 0 Å². The van der Waals surface area contributed by atoms with Crippen molar-refractivity contribution in [2.45, 2.75) is 46.7 Å². The van der Waals surface area contributed by atoms with Crippen molar-refractivity contribution in [3.05, 3.63) is 24.3 Å². The third-order valence-electron chi connectivity index (χ3n) is 4.08. The molecule has 2 atom stereocenters. The molecule has 1 N–H and O–H groups in total. The van der Waals surface area contributed by atoms with Crippen LogP contribution >= 0.6 is 0 Å². The lowest BCUT2D eigenvalue weighted by molar-refractivity contribution is 0.239. The Hall–Kier alpha value is -1.22. The maximum Gasteiger partial charge on any atom is 0.121 e. The summed E-state index contributed by atoms with van der Waals surface area (Å²) in [4.78, 5) is 2.49. The highest BCUT2D eigenvalue weighted by atomic mass is 16.5. The van der Waals surface area contributed by atoms with Crippen molar-refractivity contribution < 1.29 is 4.74 Å². The minimum Gasteiger partial charge on any atom is -0.494 e. The lowest BCUT2D eigenvalue weighted by atomic mass is 9.84. The van der Waals surface area contributed by atoms with Gasteiger partial charge in [-0.1, -0.05) is 26.8 Å². The van der Waals surface area contributed by atoms with Crippen LogP contribution in [0.25, 0.3) is 0 Å². The third-order valence-corrected chi connectivity index (χ3v) is 4.08. The van der Waals surface area contributed by atoms with Crippen molar-refractivity contribution in [3.8, 4) is 5.75 Å². The fourth-order valence-electron chi connectivity index (χ4n) is 2.72. The number of hydrogen-bond donors (Lipinski definition) is 1. The highest BCUT2D eigenvalue weighted by Gasteiger charge is 2.32. The smallest absolute Gasteiger partial charge is 0.121 e. The number of nitrogens with zero attached hydrogens (tertiary/aromatic N) is 1. The molecule has 2 rings (SSSR count). The van der Waals surface area contributed by atoms with Crippen molar-refractivity contribution in [3.63, 3.8) is 0 Å². The summed E-state index contributed by atoms with van der Waals surface area (Å²) < 4.78 is 5.62. The van der Waals surface area contributed by atoms with Gasteiger partial charge in [-0.25, -0.2) is 0 Å². The molecule has 2 unspecified atom stereocenters. The Labute approximate surface area is 123 Å². The molecule has 0 aromatic heterocycles. The van der Waals surface area contributed by atoms with Gasteiger partial charge in [0.15, 0.2) is 0 Å². The SMILES string of the molecule is CCOc1cccc(N2CC(C(C)(C)C)NCC2C)c1. The zero-order valence-electron chi connectivity index (χ0n) is 13.4. The van der Waals surface area contributed by atoms with Gasteiger partial charge in [0.2, 0.25) is 0 Å². The minimum atomic E-state index is 0.274. The average Bonchev–Trinajstić information content (AvgIpc) is 2.38. The van der Waals surface area contributed by atoms with Crippen LogP contribution in [0.4, 0.5) is 5.69 Å². The van der Waals surface area contributed by atoms with Gasteiger partial charge in [-0.3, -0.25) is 0 Å². The van der Waals surface area contributed by atoms with Gasteiger partial charge in [0, 0.05) is 36.9 Å². The fourth-order valence-corrected chi connectivity index (χ4v) is 2.72. The Morgan fingerprint density at radius 2 is 2.10 bits per heavy atom. The number of piperazine rings is 1. The van der Waals surface area contributed by atoms with Crippen LogP contribution in [0.5, 0.6) is 5.75 Å². The zero-order valence-corrected chi connectivity index (χ0v) is 13.4. The molecule has 20 heavy (non-hydrogen) atoms. The Morgan fingerprint density at radius 1 is 1.35 bits per heavy atom. The van der Waals surface area contributed by atoms with Gasteiger partial charge in [0.25, 0.3) is 0 Å². The van der Waals surface area contributed by atoms with Gasteiger partial charge in [0.1, 0.15) is 5.75 Å². The molecule has 0 aliphatic carbocycles. The van der Waals surface area contributed by atoms with Crippen molar-refractivity contribution >= 4 is 5.69 Å². The van der Waals surface area contributed by atoms with Crippen LogP contribution in [0.2, 0.25) is 0 Å². The quantitative estimate of drug-likeness (QED) is 0.917. The first-order valence-electron chi connectivity index (χ1n) is 7.64. The molecular formula is C17H28N2O. The predicted octanol–water partition coefficient (Wildman–Crippen LogP) is 3.30. The zero-order chi connectivity index (χ0) is 14.8. The molecular weight excluding hydrogens is 248 g/mol. The van der Waals surface area contributed by atoms with Crippen molar-refractivity contribution in [2.75, 3.05) is 24.6 Å². The second-order valence-electron chi connectivity index (χ2n) is 6.76. The Morgan fingerprint density at radius 3 is 2.75 bits per heavy atom. The van der Waals surface area contributed by atoms with E-state index in [4.69, 9.17) is 4.74 Å². The van der Waals surface area contributed by atoms with Crippen molar-refractivity contribution in [1.29, 1.82) is 0 Å². The number of hydrogen-bond acceptors (Lipinski definition) is 3. The lowest BCUT2D eigenvalue weighted by Gasteiger charge is -2.45. The van der Waals surface area contributed by atoms with Crippen LogP contribution in [0.3, 0.4) is 0 Å². The van der Waals surface area contributed by atoms with E-state index in [0.717, 1.165) is 18.8 Å². The second-order valence-corrected chi connectivity index (χ2v) is 6.76. The van der Waals surface area contributed by atoms with E-state index < -0.39 is 0 Å². The van der Waals surface area contributed by atoms with Gasteiger partial charge in [0.05, 0.1) is 6.61 Å². The lowest BCUT2D eigenvalue weighted by Crippen LogP contribution is -2.59. The molecule has 3 nitrogen and oxygen atoms in total. The van der Waals surface area contributed by atoms with E-state index >= 15 is 0 Å². The van der Waals surface area contributed by atoms with Crippen LogP contribution in [0, 0.1) is 5.41 Å². The van der Waals surface area contributed by atoms with Crippen molar-refractivity contribution in [2.24, 2.45) is 5.41 Å². The first kappa shape index (κ1) is 15.2. The summed E-state index contributed by atoms with van der Waals surface area (Å²) in [5.41, 5.74) is 1.54. The van der Waals surface area contributed by atoms with Gasteiger partial charge >= 0.3 is 0 Å². The highest BCUT2D eigenvalue weighted by Crippen LogP contribution is 2.29. The normalized spacial score (nSPS) is 23.8. The summed E-state index contributed by atoms with van der Waals surface area (Å²) in [6.45, 7) is 14.0. The van der Waals surface area contributed by atoms with E-state index in [-0.39, 0.29) is 5.41 Å². The monoisotopic (exact) mass is 276 g/mol. The van der Waals surface area contributed by atoms with Gasteiger partial charge in [-0.2, -0.15) is 0 Å². The first-order chi connectivity index (χ1) is 9.41. The summed E-state index contributed by atoms with van der Waals surface area (Å²) >= 11 is 0. The van der Waals surface area contributed by atoms with Crippen LogP contribution in [-0.2, 0) is 0 Å². The topological polar surface area (TPSA) is 24.5 Å². The first-order valence-corrected chi connectivity index (χ1v) is 7.64. The van der Waals surface area contributed by atoms with E-state index in [2.05, 4.69) is 56.1 Å². The Bertz CT molecular complexity index is 439. The van der Waals surface area contributed by atoms with Crippen LogP contribution in [0.15, 0.2) is 24.3 Å². The molecule has 1 heterocycles. The summed E-state index contributed by atoms with van der Waals surface area (Å²) in [5, 5.41) is 3.68. The molecule has 0 spiro atoms. The van der Waals surface area contributed by atoms with E-state index in [1.165, 1.54) is 5.69 Å². The molecule has 0 saturated carbocycles. The molecule has 0 radical (unpaired) electrons. The maximum absolute atomic E-state index is 5.62. The maximum atomic E-state index is 5.62. The van der Waals surface area contributed by atoms with E-state index in [0.29, 0.717) is 18.7 Å². The molecule has 0 bridgehead atoms. The standard InChI is InChI=1S/C17H28N2O/c1-6-20-15-9-7-8-14(10-15)19-12-16(17(3,4)5)18-11-13(19)2/h7-10,13,16,18H,6,11-12H2,1-5H3. The van der Waals surface area contributed by atoms with Gasteiger partial charge < -0.3 is 15.0 Å². The number of ether oxygens (including phenoxy) is 1. The van der Waals surface area contributed by atoms with Crippen molar-refractivity contribution in [1.82, 2.24) is 5.32 Å². The number of nitrogens with one attached hydrogen (secondary N) is 1.